The summed E-state index contributed by atoms with van der Waals surface area (Å²) in [5, 5.41) is 13.4. The highest BCUT2D eigenvalue weighted by molar-refractivity contribution is 7.12. The molecule has 20 heavy (non-hydrogen) atoms. The van der Waals surface area contributed by atoms with Crippen LogP contribution in [0.1, 0.15) is 20.0 Å². The molecule has 0 aliphatic heterocycles. The first-order chi connectivity index (χ1) is 9.51. The van der Waals surface area contributed by atoms with Gasteiger partial charge in [-0.15, -0.1) is 11.3 Å². The third-order valence-electron chi connectivity index (χ3n) is 2.49. The Kier molecular flexibility index (Phi) is 4.26. The molecule has 2 N–H and O–H groups in total. The molecule has 0 aliphatic rings. The lowest BCUT2D eigenvalue weighted by Crippen LogP contribution is -2.11. The fraction of sp³-hybridized carbons (Fsp3) is 0.0769. The van der Waals surface area contributed by atoms with Crippen LogP contribution in [0.15, 0.2) is 29.6 Å². The lowest BCUT2D eigenvalue weighted by atomic mass is 10.2. The van der Waals surface area contributed by atoms with Crippen molar-refractivity contribution in [3.8, 4) is 5.75 Å². The Morgan fingerprint density at radius 1 is 1.35 bits per heavy atom. The molecule has 5 nitrogen and oxygen atoms in total. The molecular weight excluding hydrogens is 302 g/mol. The molecule has 0 aliphatic carbocycles. The van der Waals surface area contributed by atoms with E-state index in [0.29, 0.717) is 16.3 Å². The van der Waals surface area contributed by atoms with E-state index in [1.165, 1.54) is 36.6 Å². The van der Waals surface area contributed by atoms with Gasteiger partial charge in [-0.1, -0.05) is 11.6 Å². The Morgan fingerprint density at radius 2 is 2.10 bits per heavy atom. The summed E-state index contributed by atoms with van der Waals surface area (Å²) < 4.78 is 5.00. The van der Waals surface area contributed by atoms with E-state index in [2.05, 4.69) is 5.32 Å². The zero-order valence-corrected chi connectivity index (χ0v) is 11.9. The summed E-state index contributed by atoms with van der Waals surface area (Å²) in [7, 11) is 1.52. The first-order valence-electron chi connectivity index (χ1n) is 5.48. The molecule has 1 aromatic heterocycles. The second kappa shape index (κ2) is 5.94. The minimum Gasteiger partial charge on any atom is -0.496 e. The van der Waals surface area contributed by atoms with Crippen LogP contribution in [0, 0.1) is 0 Å². The highest BCUT2D eigenvalue weighted by Crippen LogP contribution is 2.24. The van der Waals surface area contributed by atoms with Gasteiger partial charge in [-0.2, -0.15) is 0 Å². The normalized spacial score (nSPS) is 10.1. The van der Waals surface area contributed by atoms with Crippen molar-refractivity contribution < 1.29 is 19.4 Å². The van der Waals surface area contributed by atoms with Crippen LogP contribution in [0.4, 0.5) is 5.69 Å². The summed E-state index contributed by atoms with van der Waals surface area (Å²) in [6.45, 7) is 0. The number of anilines is 1. The Hall–Kier alpha value is -2.05. The average Bonchev–Trinajstić information content (AvgIpc) is 2.89. The molecule has 2 rings (SSSR count). The monoisotopic (exact) mass is 311 g/mol. The lowest BCUT2D eigenvalue weighted by molar-refractivity contribution is 0.0696. The van der Waals surface area contributed by atoms with Crippen molar-refractivity contribution in [2.24, 2.45) is 0 Å². The number of aromatic carboxylic acids is 1. The summed E-state index contributed by atoms with van der Waals surface area (Å²) >= 11 is 6.99. The van der Waals surface area contributed by atoms with Crippen molar-refractivity contribution >= 4 is 40.5 Å². The largest absolute Gasteiger partial charge is 0.496 e. The van der Waals surface area contributed by atoms with Crippen LogP contribution in [0.5, 0.6) is 5.75 Å². The summed E-state index contributed by atoms with van der Waals surface area (Å²) in [5.41, 5.74) is 0.303. The fourth-order valence-electron chi connectivity index (χ4n) is 1.50. The molecule has 0 spiro atoms. The number of halogens is 1. The second-order valence-electron chi connectivity index (χ2n) is 3.80. The van der Waals surface area contributed by atoms with Crippen molar-refractivity contribution in [2.45, 2.75) is 0 Å². The number of carbonyl (C=O) groups is 2. The highest BCUT2D eigenvalue weighted by Gasteiger charge is 2.13. The molecule has 0 unspecified atom stereocenters. The number of methoxy groups -OCH3 is 1. The molecule has 0 bridgehead atoms. The number of ether oxygens (including phenoxy) is 1. The van der Waals surface area contributed by atoms with E-state index >= 15 is 0 Å². The van der Waals surface area contributed by atoms with Crippen LogP contribution >= 0.6 is 22.9 Å². The van der Waals surface area contributed by atoms with Gasteiger partial charge in [-0.3, -0.25) is 4.79 Å². The Morgan fingerprint density at radius 3 is 2.70 bits per heavy atom. The number of hydrogen-bond donors (Lipinski definition) is 2. The number of carboxylic acids is 1. The number of rotatable bonds is 4. The summed E-state index contributed by atoms with van der Waals surface area (Å²) in [4.78, 5) is 23.4. The maximum absolute atomic E-state index is 12.0. The van der Waals surface area contributed by atoms with E-state index in [4.69, 9.17) is 21.4 Å². The van der Waals surface area contributed by atoms with Crippen LogP contribution in [0.25, 0.3) is 0 Å². The molecule has 0 radical (unpaired) electrons. The summed E-state index contributed by atoms with van der Waals surface area (Å²) in [6, 6.07) is 5.88. The molecule has 0 fully saturated rings. The first-order valence-corrected chi connectivity index (χ1v) is 6.73. The Bertz CT molecular complexity index is 668. The van der Waals surface area contributed by atoms with Crippen molar-refractivity contribution in [3.63, 3.8) is 0 Å². The van der Waals surface area contributed by atoms with Crippen LogP contribution < -0.4 is 10.1 Å². The van der Waals surface area contributed by atoms with Crippen molar-refractivity contribution in [3.05, 3.63) is 45.1 Å². The number of amides is 1. The van der Waals surface area contributed by atoms with Crippen LogP contribution in [0.2, 0.25) is 5.02 Å². The maximum atomic E-state index is 12.0. The molecule has 104 valence electrons. The van der Waals surface area contributed by atoms with Gasteiger partial charge in [-0.25, -0.2) is 4.79 Å². The summed E-state index contributed by atoms with van der Waals surface area (Å²) in [6.07, 6.45) is 0. The van der Waals surface area contributed by atoms with E-state index in [-0.39, 0.29) is 16.5 Å². The zero-order chi connectivity index (χ0) is 14.7. The van der Waals surface area contributed by atoms with Gasteiger partial charge in [0.15, 0.2) is 0 Å². The van der Waals surface area contributed by atoms with Gasteiger partial charge in [-0.05, 0) is 18.2 Å². The third kappa shape index (κ3) is 3.09. The number of thiophene rings is 1. The molecule has 7 heteroatoms. The number of nitrogens with one attached hydrogen (secondary N) is 1. The topological polar surface area (TPSA) is 75.6 Å². The van der Waals surface area contributed by atoms with Gasteiger partial charge >= 0.3 is 5.97 Å². The van der Waals surface area contributed by atoms with Gasteiger partial charge in [0.1, 0.15) is 5.75 Å². The standard InChI is InChI=1S/C13H10ClNO4S/c1-19-8-5-11(20-6-8)12(16)15-7-2-3-10(14)9(4-7)13(17)18/h2-6H,1H3,(H,15,16)(H,17,18). The summed E-state index contributed by atoms with van der Waals surface area (Å²) in [5.74, 6) is -0.886. The maximum Gasteiger partial charge on any atom is 0.337 e. The average molecular weight is 312 g/mol. The van der Waals surface area contributed by atoms with E-state index < -0.39 is 5.97 Å². The van der Waals surface area contributed by atoms with Gasteiger partial charge in [0.05, 0.1) is 22.6 Å². The minimum atomic E-state index is -1.15. The molecule has 1 amide bonds. The lowest BCUT2D eigenvalue weighted by Gasteiger charge is -2.06. The number of carboxylic acid groups (broad SMARTS) is 1. The molecule has 0 atom stereocenters. The molecular formula is C13H10ClNO4S. The number of hydrogen-bond acceptors (Lipinski definition) is 4. The van der Waals surface area contributed by atoms with E-state index in [1.54, 1.807) is 11.4 Å². The Balaban J connectivity index is 2.19. The second-order valence-corrected chi connectivity index (χ2v) is 5.12. The highest BCUT2D eigenvalue weighted by atomic mass is 35.5. The fourth-order valence-corrected chi connectivity index (χ4v) is 2.45. The molecule has 1 heterocycles. The smallest absolute Gasteiger partial charge is 0.337 e. The van der Waals surface area contributed by atoms with E-state index in [0.717, 1.165) is 0 Å². The third-order valence-corrected chi connectivity index (χ3v) is 3.73. The quantitative estimate of drug-likeness (QED) is 0.907. The minimum absolute atomic E-state index is 0.0618. The van der Waals surface area contributed by atoms with E-state index in [9.17, 15) is 9.59 Å². The predicted molar refractivity (Wildman–Crippen MR) is 77.2 cm³/mol. The van der Waals surface area contributed by atoms with Crippen LogP contribution in [-0.2, 0) is 0 Å². The van der Waals surface area contributed by atoms with Crippen LogP contribution in [0.3, 0.4) is 0 Å². The SMILES string of the molecule is COc1csc(C(=O)Nc2ccc(Cl)c(C(=O)O)c2)c1. The van der Waals surface area contributed by atoms with Crippen molar-refractivity contribution in [1.29, 1.82) is 0 Å². The van der Waals surface area contributed by atoms with Gasteiger partial charge in [0.2, 0.25) is 0 Å². The Labute approximate surface area is 123 Å². The predicted octanol–water partition coefficient (Wildman–Crippen LogP) is 3.36. The molecule has 0 saturated carbocycles. The van der Waals surface area contributed by atoms with Gasteiger partial charge in [0, 0.05) is 17.1 Å². The van der Waals surface area contributed by atoms with Gasteiger partial charge < -0.3 is 15.2 Å². The van der Waals surface area contributed by atoms with Gasteiger partial charge in [0.25, 0.3) is 5.91 Å². The molecule has 1 aromatic carbocycles. The first kappa shape index (κ1) is 14.4. The molecule has 2 aromatic rings. The zero-order valence-electron chi connectivity index (χ0n) is 10.3. The van der Waals surface area contributed by atoms with Crippen molar-refractivity contribution in [2.75, 3.05) is 12.4 Å². The van der Waals surface area contributed by atoms with Crippen LogP contribution in [-0.4, -0.2) is 24.1 Å². The number of benzene rings is 1. The van der Waals surface area contributed by atoms with Crippen molar-refractivity contribution in [1.82, 2.24) is 0 Å². The number of carbonyl (C=O) groups excluding carboxylic acids is 1. The van der Waals surface area contributed by atoms with E-state index in [1.807, 2.05) is 0 Å². The molecule has 0 saturated heterocycles.